The third-order valence-electron chi connectivity index (χ3n) is 12.8. The largest absolute Gasteiger partial charge is 0.397 e. The second-order valence-electron chi connectivity index (χ2n) is 19.3. The molecular formula is C48H96O17S4. The SMILES string of the molecule is CCCCCC[C@H](CCCCCCCCC[C@H](CCCCCCC[C@H](C=O)CCCCC[C@H](CCCCCCCCC[C@H](CCCCCC)OS(=O)(=O)O)OS(=O)(=O)O)OS(=O)(=O)O)OS(=O)(=O)O. The van der Waals surface area contributed by atoms with Gasteiger partial charge in [0.15, 0.2) is 0 Å². The molecule has 4 N–H and O–H groups in total. The van der Waals surface area contributed by atoms with Gasteiger partial charge in [-0.15, -0.1) is 0 Å². The van der Waals surface area contributed by atoms with Gasteiger partial charge in [-0.3, -0.25) is 18.2 Å². The van der Waals surface area contributed by atoms with Crippen molar-refractivity contribution >= 4 is 47.9 Å². The first kappa shape index (κ1) is 68.2. The van der Waals surface area contributed by atoms with E-state index in [1.807, 2.05) is 0 Å². The second-order valence-corrected chi connectivity index (χ2v) is 23.5. The van der Waals surface area contributed by atoms with Crippen LogP contribution in [0.3, 0.4) is 0 Å². The fourth-order valence-corrected chi connectivity index (χ4v) is 11.2. The molecule has 0 bridgehead atoms. The van der Waals surface area contributed by atoms with Gasteiger partial charge in [-0.05, 0) is 64.2 Å². The number of rotatable bonds is 53. The molecule has 0 aromatic carbocycles. The average Bonchev–Trinajstić information content (AvgIpc) is 3.24. The van der Waals surface area contributed by atoms with Gasteiger partial charge < -0.3 is 4.79 Å². The molecule has 0 amide bonds. The Kier molecular flexibility index (Phi) is 42.0. The first-order valence-corrected chi connectivity index (χ1v) is 32.2. The molecule has 0 unspecified atom stereocenters. The predicted molar refractivity (Wildman–Crippen MR) is 271 cm³/mol. The first-order valence-electron chi connectivity index (χ1n) is 26.7. The maximum absolute atomic E-state index is 11.8. The summed E-state index contributed by atoms with van der Waals surface area (Å²) >= 11 is 0. The van der Waals surface area contributed by atoms with Crippen molar-refractivity contribution in [2.75, 3.05) is 0 Å². The summed E-state index contributed by atoms with van der Waals surface area (Å²) in [5.74, 6) is -0.0607. The molecule has 0 saturated heterocycles. The van der Waals surface area contributed by atoms with Crippen molar-refractivity contribution in [3.05, 3.63) is 0 Å². The van der Waals surface area contributed by atoms with Crippen LogP contribution in [0.5, 0.6) is 0 Å². The van der Waals surface area contributed by atoms with Gasteiger partial charge in [0.2, 0.25) is 0 Å². The van der Waals surface area contributed by atoms with Gasteiger partial charge in [0.05, 0.1) is 24.4 Å². The van der Waals surface area contributed by atoms with Crippen molar-refractivity contribution < 1.29 is 73.4 Å². The van der Waals surface area contributed by atoms with Crippen molar-refractivity contribution in [3.8, 4) is 0 Å². The maximum atomic E-state index is 11.8. The highest BCUT2D eigenvalue weighted by Crippen LogP contribution is 2.24. The number of hydrogen-bond acceptors (Lipinski definition) is 13. The molecule has 5 atom stereocenters. The summed E-state index contributed by atoms with van der Waals surface area (Å²) < 4.78 is 148. The Morgan fingerprint density at radius 1 is 0.290 bits per heavy atom. The lowest BCUT2D eigenvalue weighted by atomic mass is 9.95. The minimum atomic E-state index is -4.58. The summed E-state index contributed by atoms with van der Waals surface area (Å²) in [6.45, 7) is 4.20. The summed E-state index contributed by atoms with van der Waals surface area (Å²) in [5.41, 5.74) is 0. The zero-order valence-corrected chi connectivity index (χ0v) is 45.7. The van der Waals surface area contributed by atoms with Gasteiger partial charge in [-0.1, -0.05) is 206 Å². The van der Waals surface area contributed by atoms with E-state index in [4.69, 9.17) is 25.8 Å². The fourth-order valence-electron chi connectivity index (χ4n) is 9.05. The summed E-state index contributed by atoms with van der Waals surface area (Å²) in [4.78, 5) is 11.8. The van der Waals surface area contributed by atoms with E-state index >= 15 is 0 Å². The molecule has 17 nitrogen and oxygen atoms in total. The summed E-state index contributed by atoms with van der Waals surface area (Å²) in [7, 11) is -18.1. The Labute approximate surface area is 420 Å². The van der Waals surface area contributed by atoms with Crippen LogP contribution in [0.15, 0.2) is 0 Å². The lowest BCUT2D eigenvalue weighted by Crippen LogP contribution is -2.18. The highest BCUT2D eigenvalue weighted by atomic mass is 32.3. The van der Waals surface area contributed by atoms with Gasteiger partial charge in [-0.2, -0.15) is 33.7 Å². The topological polar surface area (TPSA) is 271 Å². The van der Waals surface area contributed by atoms with E-state index in [1.165, 1.54) is 0 Å². The molecule has 0 aliphatic carbocycles. The molecule has 69 heavy (non-hydrogen) atoms. The van der Waals surface area contributed by atoms with Crippen LogP contribution in [0.25, 0.3) is 0 Å². The molecular weight excluding hydrogens is 977 g/mol. The Bertz CT molecular complexity index is 1660. The van der Waals surface area contributed by atoms with E-state index in [1.54, 1.807) is 0 Å². The van der Waals surface area contributed by atoms with Crippen molar-refractivity contribution in [2.45, 2.75) is 295 Å². The van der Waals surface area contributed by atoms with Gasteiger partial charge in [0, 0.05) is 5.92 Å². The smallest absolute Gasteiger partial charge is 0.303 e. The molecule has 0 aliphatic rings. The molecule has 0 aromatic heterocycles. The van der Waals surface area contributed by atoms with Crippen LogP contribution < -0.4 is 0 Å². The number of hydrogen-bond donors (Lipinski definition) is 4. The lowest BCUT2D eigenvalue weighted by molar-refractivity contribution is -0.111. The lowest BCUT2D eigenvalue weighted by Gasteiger charge is -2.16. The summed E-state index contributed by atoms with van der Waals surface area (Å²) in [5, 5.41) is 0. The maximum Gasteiger partial charge on any atom is 0.397 e. The Morgan fingerprint density at radius 2 is 0.449 bits per heavy atom. The molecule has 0 heterocycles. The van der Waals surface area contributed by atoms with Crippen molar-refractivity contribution in [2.24, 2.45) is 5.92 Å². The Balaban J connectivity index is 4.29. The predicted octanol–water partition coefficient (Wildman–Crippen LogP) is 13.2. The van der Waals surface area contributed by atoms with E-state index in [9.17, 15) is 47.6 Å². The Morgan fingerprint density at radius 3 is 0.623 bits per heavy atom. The van der Waals surface area contributed by atoms with Crippen LogP contribution >= 0.6 is 0 Å². The molecule has 414 valence electrons. The van der Waals surface area contributed by atoms with E-state index in [2.05, 4.69) is 13.8 Å². The number of aldehydes is 1. The van der Waals surface area contributed by atoms with Gasteiger partial charge in [0.1, 0.15) is 6.29 Å². The fraction of sp³-hybridized carbons (Fsp3) is 0.979. The van der Waals surface area contributed by atoms with Crippen LogP contribution in [0, 0.1) is 5.92 Å². The molecule has 0 saturated carbocycles. The van der Waals surface area contributed by atoms with E-state index in [0.29, 0.717) is 57.8 Å². The first-order chi connectivity index (χ1) is 32.7. The highest BCUT2D eigenvalue weighted by Gasteiger charge is 2.20. The third kappa shape index (κ3) is 50.5. The van der Waals surface area contributed by atoms with Crippen LogP contribution in [-0.2, 0) is 63.1 Å². The molecule has 0 rings (SSSR count). The third-order valence-corrected chi connectivity index (χ3v) is 14.9. The number of carbonyl (C=O) groups excluding carboxylic acids is 1. The minimum Gasteiger partial charge on any atom is -0.303 e. The van der Waals surface area contributed by atoms with Crippen molar-refractivity contribution in [1.29, 1.82) is 0 Å². The van der Waals surface area contributed by atoms with Crippen LogP contribution in [0.1, 0.15) is 271 Å². The molecule has 21 heteroatoms. The Hall–Kier alpha value is -0.850. The standard InChI is InChI=1S/C48H96O17S4/c1-3-5-7-25-35-45(62-66(50,51)52)37-27-17-11-9-13-19-29-39-47(64-68(56,57)58)41-31-21-15-16-23-33-44(43-49)34-24-22-32-42-48(65-69(59,60)61)40-30-20-14-10-12-18-28-38-46(63-67(53,54)55)36-26-8-6-4-2/h43-48H,3-42H2,1-2H3,(H,50,51,52)(H,53,54,55)(H,56,57,58)(H,59,60,61)/t44-,45+,46-,47+,48-/m0/s1. The minimum absolute atomic E-state index is 0.0607. The van der Waals surface area contributed by atoms with Crippen molar-refractivity contribution in [3.63, 3.8) is 0 Å². The zero-order chi connectivity index (χ0) is 51.7. The average molecular weight is 1070 g/mol. The molecule has 0 spiro atoms. The van der Waals surface area contributed by atoms with E-state index in [0.717, 1.165) is 205 Å². The quantitative estimate of drug-likeness (QED) is 0.0250. The summed E-state index contributed by atoms with van der Waals surface area (Å²) in [6, 6.07) is 0. The van der Waals surface area contributed by atoms with Crippen molar-refractivity contribution in [1.82, 2.24) is 0 Å². The summed E-state index contributed by atoms with van der Waals surface area (Å²) in [6.07, 6.45) is 32.0. The van der Waals surface area contributed by atoms with Gasteiger partial charge in [0.25, 0.3) is 0 Å². The van der Waals surface area contributed by atoms with E-state index < -0.39 is 66.0 Å². The normalized spacial score (nSPS) is 15.0. The molecule has 0 aliphatic heterocycles. The molecule has 0 fully saturated rings. The zero-order valence-electron chi connectivity index (χ0n) is 42.5. The van der Waals surface area contributed by atoms with Crippen LogP contribution in [-0.4, -0.2) is 82.6 Å². The van der Waals surface area contributed by atoms with Crippen LogP contribution in [0.2, 0.25) is 0 Å². The number of carbonyl (C=O) groups is 1. The molecule has 0 radical (unpaired) electrons. The number of unbranched alkanes of at least 4 members (excludes halogenated alkanes) is 24. The second kappa shape index (κ2) is 42.5. The monoisotopic (exact) mass is 1070 g/mol. The van der Waals surface area contributed by atoms with Gasteiger partial charge in [-0.25, -0.2) is 16.7 Å². The van der Waals surface area contributed by atoms with Crippen LogP contribution in [0.4, 0.5) is 0 Å². The molecule has 0 aromatic rings. The highest BCUT2D eigenvalue weighted by molar-refractivity contribution is 7.81. The van der Waals surface area contributed by atoms with Gasteiger partial charge >= 0.3 is 41.6 Å². The van der Waals surface area contributed by atoms with E-state index in [-0.39, 0.29) is 5.92 Å².